The lowest BCUT2D eigenvalue weighted by atomic mass is 10.1. The lowest BCUT2D eigenvalue weighted by Gasteiger charge is -2.22. The Morgan fingerprint density at radius 3 is 2.93 bits per heavy atom. The Balaban J connectivity index is 1.81. The Hall–Kier alpha value is -3.03. The Labute approximate surface area is 171 Å². The Bertz CT molecular complexity index is 943. The molecule has 1 aliphatic heterocycles. The van der Waals surface area contributed by atoms with Gasteiger partial charge in [-0.2, -0.15) is 0 Å². The molecule has 30 heavy (non-hydrogen) atoms. The van der Waals surface area contributed by atoms with Crippen molar-refractivity contribution in [3.63, 3.8) is 0 Å². The number of aliphatic hydroxyl groups is 2. The number of rotatable bonds is 8. The van der Waals surface area contributed by atoms with E-state index in [-0.39, 0.29) is 13.0 Å². The Morgan fingerprint density at radius 1 is 1.50 bits per heavy atom. The minimum Gasteiger partial charge on any atom is -0.394 e. The molecule has 0 radical (unpaired) electrons. The fourth-order valence-corrected chi connectivity index (χ4v) is 3.30. The van der Waals surface area contributed by atoms with Gasteiger partial charge in [0.2, 0.25) is 5.91 Å². The molecule has 0 aliphatic carbocycles. The quantitative estimate of drug-likeness (QED) is 0.226. The van der Waals surface area contributed by atoms with E-state index in [1.807, 2.05) is 14.1 Å². The number of carbonyl (C=O) groups is 1. The molecule has 0 bridgehead atoms. The summed E-state index contributed by atoms with van der Waals surface area (Å²) in [6, 6.07) is -1.85. The van der Waals surface area contributed by atoms with Gasteiger partial charge in [0.1, 0.15) is 18.5 Å². The molecule has 162 valence electrons. The molecule has 3 rings (SSSR count). The molecule has 1 unspecified atom stereocenters. The molecule has 0 saturated carbocycles. The number of hydrogen-bond donors (Lipinski definition) is 4. The van der Waals surface area contributed by atoms with Crippen LogP contribution in [0.5, 0.6) is 0 Å². The molecule has 1 saturated heterocycles. The van der Waals surface area contributed by atoms with E-state index in [0.717, 1.165) is 0 Å². The van der Waals surface area contributed by atoms with Crippen LogP contribution in [0, 0.1) is 0 Å². The van der Waals surface area contributed by atoms with Crippen molar-refractivity contribution in [2.45, 2.75) is 36.9 Å². The molecule has 2 aromatic heterocycles. The van der Waals surface area contributed by atoms with Gasteiger partial charge in [0.15, 0.2) is 23.2 Å². The van der Waals surface area contributed by atoms with E-state index in [0.29, 0.717) is 17.0 Å². The smallest absolute Gasteiger partial charge is 0.237 e. The SMILES string of the molecule is CN(C)c1ncnc2c1ncn2[C@@H]1O[C@H](CO)[C@@H](NC(=O)C(N)CCN=[N+]=[N-])[C@H]1O. The summed E-state index contributed by atoms with van der Waals surface area (Å²) in [5, 5.41) is 26.5. The number of azide groups is 1. The molecule has 3 heterocycles. The average Bonchev–Trinajstić information content (AvgIpc) is 3.29. The first-order valence-electron chi connectivity index (χ1n) is 9.25. The van der Waals surface area contributed by atoms with E-state index in [1.54, 1.807) is 4.90 Å². The zero-order valence-corrected chi connectivity index (χ0v) is 16.5. The number of amides is 1. The highest BCUT2D eigenvalue weighted by Gasteiger charge is 2.46. The summed E-state index contributed by atoms with van der Waals surface area (Å²) in [6.07, 6.45) is -0.0330. The van der Waals surface area contributed by atoms with Gasteiger partial charge in [-0.15, -0.1) is 0 Å². The highest BCUT2D eigenvalue weighted by atomic mass is 16.5. The van der Waals surface area contributed by atoms with Crippen LogP contribution in [-0.2, 0) is 9.53 Å². The van der Waals surface area contributed by atoms with Gasteiger partial charge in [-0.05, 0) is 12.0 Å². The number of anilines is 1. The minimum atomic E-state index is -1.20. The Morgan fingerprint density at radius 2 is 2.27 bits per heavy atom. The molecule has 1 aliphatic rings. The highest BCUT2D eigenvalue weighted by Crippen LogP contribution is 2.32. The van der Waals surface area contributed by atoms with Gasteiger partial charge >= 0.3 is 0 Å². The number of carbonyl (C=O) groups excluding carboxylic acids is 1. The summed E-state index contributed by atoms with van der Waals surface area (Å²) in [6.45, 7) is -0.368. The minimum absolute atomic E-state index is 0.0653. The van der Waals surface area contributed by atoms with Gasteiger partial charge < -0.3 is 30.9 Å². The van der Waals surface area contributed by atoms with Crippen molar-refractivity contribution in [2.24, 2.45) is 10.8 Å². The zero-order chi connectivity index (χ0) is 21.8. The van der Waals surface area contributed by atoms with Crippen molar-refractivity contribution >= 4 is 22.9 Å². The van der Waals surface area contributed by atoms with Crippen molar-refractivity contribution in [1.29, 1.82) is 0 Å². The first kappa shape index (κ1) is 21.7. The van der Waals surface area contributed by atoms with Gasteiger partial charge in [0.05, 0.1) is 25.0 Å². The zero-order valence-electron chi connectivity index (χ0n) is 16.5. The van der Waals surface area contributed by atoms with Crippen LogP contribution in [0.25, 0.3) is 21.6 Å². The van der Waals surface area contributed by atoms with E-state index >= 15 is 0 Å². The number of aliphatic hydroxyl groups excluding tert-OH is 2. The predicted octanol–water partition coefficient (Wildman–Crippen LogP) is -1.34. The third-order valence-electron chi connectivity index (χ3n) is 4.84. The highest BCUT2D eigenvalue weighted by molar-refractivity contribution is 5.83. The summed E-state index contributed by atoms with van der Waals surface area (Å²) < 4.78 is 7.33. The van der Waals surface area contributed by atoms with Crippen LogP contribution in [0.1, 0.15) is 12.6 Å². The van der Waals surface area contributed by atoms with Gasteiger partial charge in [0, 0.05) is 25.6 Å². The summed E-state index contributed by atoms with van der Waals surface area (Å²) in [7, 11) is 3.64. The number of nitrogens with zero attached hydrogens (tertiary/aromatic N) is 8. The number of nitrogens with two attached hydrogens (primary N) is 1. The average molecular weight is 420 g/mol. The summed E-state index contributed by atoms with van der Waals surface area (Å²) in [5.74, 6) is 0.0448. The normalized spacial score (nSPS) is 24.4. The fourth-order valence-electron chi connectivity index (χ4n) is 3.30. The molecule has 1 fully saturated rings. The van der Waals surface area contributed by atoms with Crippen molar-refractivity contribution in [1.82, 2.24) is 24.8 Å². The number of imidazole rings is 1. The fraction of sp³-hybridized carbons (Fsp3) is 0.625. The maximum atomic E-state index is 12.4. The van der Waals surface area contributed by atoms with Crippen molar-refractivity contribution in [2.75, 3.05) is 32.1 Å². The second-order valence-electron chi connectivity index (χ2n) is 7.04. The molecule has 2 aromatic rings. The second kappa shape index (κ2) is 9.19. The molecule has 14 nitrogen and oxygen atoms in total. The monoisotopic (exact) mass is 420 g/mol. The van der Waals surface area contributed by atoms with Crippen LogP contribution in [0.3, 0.4) is 0 Å². The molecule has 0 spiro atoms. The number of nitrogens with one attached hydrogen (secondary N) is 1. The number of hydrogen-bond acceptors (Lipinski definition) is 10. The maximum absolute atomic E-state index is 12.4. The summed E-state index contributed by atoms with van der Waals surface area (Å²) in [5.41, 5.74) is 15.1. The first-order valence-corrected chi connectivity index (χ1v) is 9.25. The molecule has 0 aromatic carbocycles. The van der Waals surface area contributed by atoms with E-state index in [2.05, 4.69) is 30.3 Å². The lowest BCUT2D eigenvalue weighted by Crippen LogP contribution is -2.53. The van der Waals surface area contributed by atoms with E-state index in [4.69, 9.17) is 16.0 Å². The standard InChI is InChI=1S/C16H24N10O4/c1-25(2)13-11-14(20-6-19-13)26(7-21-11)16-12(28)10(9(5-27)30-16)23-15(29)8(17)3-4-22-24-18/h6-10,12,16,27-28H,3-5,17H2,1-2H3,(H,23,29)/t8?,9-,10-,12-,16-/m1/s1. The lowest BCUT2D eigenvalue weighted by molar-refractivity contribution is -0.124. The molecule has 5 atom stereocenters. The van der Waals surface area contributed by atoms with Crippen LogP contribution < -0.4 is 16.0 Å². The Kier molecular flexibility index (Phi) is 6.64. The number of aromatic nitrogens is 4. The molecule has 14 heteroatoms. The van der Waals surface area contributed by atoms with Crippen molar-refractivity contribution in [3.05, 3.63) is 23.1 Å². The molecule has 1 amide bonds. The van der Waals surface area contributed by atoms with E-state index < -0.39 is 43.0 Å². The number of fused-ring (bicyclic) bond motifs is 1. The predicted molar refractivity (Wildman–Crippen MR) is 105 cm³/mol. The van der Waals surface area contributed by atoms with Crippen LogP contribution >= 0.6 is 0 Å². The van der Waals surface area contributed by atoms with E-state index in [9.17, 15) is 15.0 Å². The largest absolute Gasteiger partial charge is 0.394 e. The molecular formula is C16H24N10O4. The topological polar surface area (TPSA) is 200 Å². The van der Waals surface area contributed by atoms with E-state index in [1.165, 1.54) is 17.2 Å². The van der Waals surface area contributed by atoms with Gasteiger partial charge in [0.25, 0.3) is 0 Å². The maximum Gasteiger partial charge on any atom is 0.237 e. The number of ether oxygens (including phenoxy) is 1. The summed E-state index contributed by atoms with van der Waals surface area (Å²) >= 11 is 0. The molecule has 5 N–H and O–H groups in total. The second-order valence-corrected chi connectivity index (χ2v) is 7.04. The van der Waals surface area contributed by atoms with Crippen LogP contribution in [-0.4, -0.2) is 87.2 Å². The third-order valence-corrected chi connectivity index (χ3v) is 4.84. The summed E-state index contributed by atoms with van der Waals surface area (Å²) in [4.78, 5) is 29.5. The van der Waals surface area contributed by atoms with Gasteiger partial charge in [-0.1, -0.05) is 5.11 Å². The van der Waals surface area contributed by atoms with Crippen LogP contribution in [0.4, 0.5) is 5.82 Å². The molecular weight excluding hydrogens is 396 g/mol. The van der Waals surface area contributed by atoms with Gasteiger partial charge in [-0.25, -0.2) is 15.0 Å². The van der Waals surface area contributed by atoms with Crippen LogP contribution in [0.2, 0.25) is 0 Å². The first-order chi connectivity index (χ1) is 14.4. The van der Waals surface area contributed by atoms with Crippen molar-refractivity contribution < 1.29 is 19.7 Å². The van der Waals surface area contributed by atoms with Gasteiger partial charge in [-0.3, -0.25) is 9.36 Å². The van der Waals surface area contributed by atoms with Crippen molar-refractivity contribution in [3.8, 4) is 0 Å². The third kappa shape index (κ3) is 4.13. The van der Waals surface area contributed by atoms with Crippen LogP contribution in [0.15, 0.2) is 17.8 Å².